The lowest BCUT2D eigenvalue weighted by Crippen LogP contribution is -2.66. The minimum Gasteiger partial charge on any atom is -0.463 e. The third kappa shape index (κ3) is 2.95. The van der Waals surface area contributed by atoms with Gasteiger partial charge in [-0.2, -0.15) is 0 Å². The fourth-order valence-corrected chi connectivity index (χ4v) is 4.26. The van der Waals surface area contributed by atoms with E-state index in [2.05, 4.69) is 9.80 Å². The maximum Gasteiger partial charge on any atom is 0.306 e. The Morgan fingerprint density at radius 2 is 2.16 bits per heavy atom. The van der Waals surface area contributed by atoms with Gasteiger partial charge in [0.25, 0.3) is 0 Å². The van der Waals surface area contributed by atoms with Crippen molar-refractivity contribution in [2.45, 2.75) is 51.7 Å². The lowest BCUT2D eigenvalue weighted by atomic mass is 9.76. The lowest BCUT2D eigenvalue weighted by Gasteiger charge is -2.58. The predicted molar refractivity (Wildman–Crippen MR) is 73.6 cm³/mol. The Labute approximate surface area is 116 Å². The maximum atomic E-state index is 11.6. The van der Waals surface area contributed by atoms with E-state index < -0.39 is 0 Å². The molecule has 0 spiro atoms. The van der Waals surface area contributed by atoms with E-state index >= 15 is 0 Å². The van der Waals surface area contributed by atoms with Crippen molar-refractivity contribution in [2.24, 2.45) is 11.8 Å². The van der Waals surface area contributed by atoms with Gasteiger partial charge < -0.3 is 4.74 Å². The number of esters is 1. The van der Waals surface area contributed by atoms with E-state index in [1.54, 1.807) is 0 Å². The fraction of sp³-hybridized carbons (Fsp3) is 0.933. The molecule has 19 heavy (non-hydrogen) atoms. The van der Waals surface area contributed by atoms with Crippen molar-refractivity contribution in [3.8, 4) is 0 Å². The van der Waals surface area contributed by atoms with Crippen molar-refractivity contribution in [1.82, 2.24) is 9.80 Å². The molecule has 0 aromatic carbocycles. The van der Waals surface area contributed by atoms with Crippen LogP contribution < -0.4 is 0 Å². The average molecular weight is 266 g/mol. The molecular formula is C15H26N2O2. The summed E-state index contributed by atoms with van der Waals surface area (Å²) in [5, 5.41) is 0. The van der Waals surface area contributed by atoms with Gasteiger partial charge in [-0.05, 0) is 44.9 Å². The van der Waals surface area contributed by atoms with Crippen molar-refractivity contribution in [1.29, 1.82) is 0 Å². The first-order valence-corrected chi connectivity index (χ1v) is 7.77. The fourth-order valence-electron chi connectivity index (χ4n) is 4.26. The van der Waals surface area contributed by atoms with Crippen LogP contribution in [0.3, 0.4) is 0 Å². The van der Waals surface area contributed by atoms with Gasteiger partial charge in [-0.25, -0.2) is 0 Å². The van der Waals surface area contributed by atoms with Crippen LogP contribution in [0.25, 0.3) is 0 Å². The van der Waals surface area contributed by atoms with Gasteiger partial charge in [0.05, 0.1) is 12.8 Å². The summed E-state index contributed by atoms with van der Waals surface area (Å²) in [6, 6.07) is 0.722. The smallest absolute Gasteiger partial charge is 0.306 e. The number of ether oxygens (including phenoxy) is 1. The first-order valence-electron chi connectivity index (χ1n) is 7.77. The summed E-state index contributed by atoms with van der Waals surface area (Å²) in [5.74, 6) is 1.73. The van der Waals surface area contributed by atoms with Gasteiger partial charge >= 0.3 is 5.97 Å². The maximum absolute atomic E-state index is 11.6. The summed E-state index contributed by atoms with van der Waals surface area (Å²) >= 11 is 0. The molecule has 4 aliphatic rings. The van der Waals surface area contributed by atoms with Gasteiger partial charge in [0.1, 0.15) is 0 Å². The van der Waals surface area contributed by atoms with E-state index in [9.17, 15) is 4.79 Å². The summed E-state index contributed by atoms with van der Waals surface area (Å²) in [6.07, 6.45) is 4.16. The summed E-state index contributed by atoms with van der Waals surface area (Å²) in [5.41, 5.74) is 0. The normalized spacial score (nSPS) is 39.8. The Balaban J connectivity index is 1.45. The largest absolute Gasteiger partial charge is 0.463 e. The summed E-state index contributed by atoms with van der Waals surface area (Å²) < 4.78 is 5.20. The van der Waals surface area contributed by atoms with Crippen LogP contribution in [-0.2, 0) is 9.53 Å². The van der Waals surface area contributed by atoms with E-state index in [1.807, 2.05) is 13.8 Å². The number of hydrogen-bond acceptors (Lipinski definition) is 4. The molecule has 0 aromatic rings. The molecule has 4 heteroatoms. The molecule has 0 saturated carbocycles. The van der Waals surface area contributed by atoms with Crippen LogP contribution >= 0.6 is 0 Å². The zero-order valence-electron chi connectivity index (χ0n) is 12.2. The molecule has 4 fully saturated rings. The van der Waals surface area contributed by atoms with Crippen LogP contribution in [0.1, 0.15) is 39.5 Å². The zero-order chi connectivity index (χ0) is 13.4. The van der Waals surface area contributed by atoms with Crippen LogP contribution in [-0.4, -0.2) is 54.2 Å². The molecule has 0 aliphatic carbocycles. The molecule has 4 rings (SSSR count). The molecule has 0 radical (unpaired) electrons. The third-order valence-electron chi connectivity index (χ3n) is 4.78. The van der Waals surface area contributed by atoms with E-state index in [0.29, 0.717) is 6.42 Å². The van der Waals surface area contributed by atoms with Gasteiger partial charge in [0.2, 0.25) is 0 Å². The molecule has 0 N–H and O–H groups in total. The number of carbonyl (C=O) groups is 1. The van der Waals surface area contributed by atoms with Crippen LogP contribution in [0.15, 0.2) is 0 Å². The van der Waals surface area contributed by atoms with Gasteiger partial charge in [-0.3, -0.25) is 14.6 Å². The highest BCUT2D eigenvalue weighted by Crippen LogP contribution is 2.39. The Morgan fingerprint density at radius 1 is 1.32 bits per heavy atom. The Bertz CT molecular complexity index is 315. The van der Waals surface area contributed by atoms with Crippen molar-refractivity contribution >= 4 is 5.97 Å². The average Bonchev–Trinajstić information content (AvgIpc) is 2.30. The van der Waals surface area contributed by atoms with Crippen LogP contribution in [0, 0.1) is 11.8 Å². The molecule has 4 aliphatic heterocycles. The van der Waals surface area contributed by atoms with Gasteiger partial charge in [0, 0.05) is 32.1 Å². The summed E-state index contributed by atoms with van der Waals surface area (Å²) in [6.45, 7) is 8.88. The molecule has 0 amide bonds. The van der Waals surface area contributed by atoms with Crippen LogP contribution in [0.4, 0.5) is 0 Å². The van der Waals surface area contributed by atoms with Crippen LogP contribution in [0.2, 0.25) is 0 Å². The van der Waals surface area contributed by atoms with Gasteiger partial charge in [-0.1, -0.05) is 0 Å². The lowest BCUT2D eigenvalue weighted by molar-refractivity contribution is -0.148. The Hall–Kier alpha value is -0.610. The highest BCUT2D eigenvalue weighted by Gasteiger charge is 2.45. The molecule has 108 valence electrons. The number of piperidine rings is 2. The van der Waals surface area contributed by atoms with Crippen molar-refractivity contribution < 1.29 is 9.53 Å². The first kappa shape index (κ1) is 13.4. The quantitative estimate of drug-likeness (QED) is 0.709. The summed E-state index contributed by atoms with van der Waals surface area (Å²) in [7, 11) is 0. The highest BCUT2D eigenvalue weighted by atomic mass is 16.5. The molecule has 4 nitrogen and oxygen atoms in total. The van der Waals surface area contributed by atoms with Gasteiger partial charge in [0.15, 0.2) is 0 Å². The van der Waals surface area contributed by atoms with E-state index in [4.69, 9.17) is 4.74 Å². The van der Waals surface area contributed by atoms with E-state index in [1.165, 1.54) is 32.5 Å². The number of hydrogen-bond donors (Lipinski definition) is 0. The van der Waals surface area contributed by atoms with Crippen molar-refractivity contribution in [3.05, 3.63) is 0 Å². The molecule has 4 bridgehead atoms. The minimum absolute atomic E-state index is 0.0187. The molecule has 5 atom stereocenters. The Kier molecular flexibility index (Phi) is 3.81. The van der Waals surface area contributed by atoms with Crippen molar-refractivity contribution in [2.75, 3.05) is 26.3 Å². The first-order chi connectivity index (χ1) is 9.11. The standard InChI is InChI=1S/C15H26N2O2/c1-11(2)19-15(18)5-3-4-14-13-6-12-7-16(9-13)10-17(14)8-12/h11-14H,3-10H2,1-2H3/t12-,13+,14-/m0/s1. The van der Waals surface area contributed by atoms with Crippen molar-refractivity contribution in [3.63, 3.8) is 0 Å². The molecule has 4 heterocycles. The topological polar surface area (TPSA) is 32.8 Å². The number of nitrogens with zero attached hydrogens (tertiary/aromatic N) is 2. The van der Waals surface area contributed by atoms with Gasteiger partial charge in [-0.15, -0.1) is 0 Å². The highest BCUT2D eigenvalue weighted by molar-refractivity contribution is 5.69. The Morgan fingerprint density at radius 3 is 2.84 bits per heavy atom. The second kappa shape index (κ2) is 5.41. The van der Waals surface area contributed by atoms with E-state index in [0.717, 1.165) is 31.0 Å². The number of rotatable bonds is 5. The molecule has 0 aromatic heterocycles. The minimum atomic E-state index is -0.0300. The summed E-state index contributed by atoms with van der Waals surface area (Å²) in [4.78, 5) is 16.8. The monoisotopic (exact) mass is 266 g/mol. The van der Waals surface area contributed by atoms with E-state index in [-0.39, 0.29) is 12.1 Å². The number of carbonyl (C=O) groups excluding carboxylic acids is 1. The molecule has 4 saturated heterocycles. The zero-order valence-corrected chi connectivity index (χ0v) is 12.2. The second-order valence-electron chi connectivity index (χ2n) is 6.81. The molecule has 2 unspecified atom stereocenters. The molecular weight excluding hydrogens is 240 g/mol. The second-order valence-corrected chi connectivity index (χ2v) is 6.81. The predicted octanol–water partition coefficient (Wildman–Crippen LogP) is 1.70. The third-order valence-corrected chi connectivity index (χ3v) is 4.78. The SMILES string of the molecule is CC(C)OC(=O)CCC[C@H]1[C@@H]2C[C@H]3CN(C2)CN1C3. The van der Waals surface area contributed by atoms with Crippen LogP contribution in [0.5, 0.6) is 0 Å².